The fraction of sp³-hybridized carbons (Fsp3) is 0.278. The molecule has 0 saturated carbocycles. The number of aryl methyl sites for hydroxylation is 1. The Labute approximate surface area is 131 Å². The van der Waals surface area contributed by atoms with Gasteiger partial charge >= 0.3 is 6.03 Å². The van der Waals surface area contributed by atoms with Crippen LogP contribution in [0.5, 0.6) is 0 Å². The van der Waals surface area contributed by atoms with E-state index in [1.165, 1.54) is 5.56 Å². The zero-order valence-corrected chi connectivity index (χ0v) is 12.8. The first-order valence-corrected chi connectivity index (χ1v) is 7.47. The normalized spacial score (nSPS) is 11.7. The first kappa shape index (κ1) is 16.0. The van der Waals surface area contributed by atoms with E-state index in [-0.39, 0.29) is 18.7 Å². The van der Waals surface area contributed by atoms with Gasteiger partial charge in [-0.2, -0.15) is 0 Å². The number of nitrogens with one attached hydrogen (secondary N) is 2. The van der Waals surface area contributed by atoms with Crippen LogP contribution < -0.4 is 10.6 Å². The van der Waals surface area contributed by atoms with Crippen LogP contribution in [0, 0.1) is 6.92 Å². The maximum Gasteiger partial charge on any atom is 0.315 e. The number of amides is 2. The van der Waals surface area contributed by atoms with Gasteiger partial charge in [-0.05, 0) is 24.5 Å². The Morgan fingerprint density at radius 1 is 1.05 bits per heavy atom. The number of urea groups is 1. The van der Waals surface area contributed by atoms with Gasteiger partial charge in [0.05, 0.1) is 6.04 Å². The predicted octanol–water partition coefficient (Wildman–Crippen LogP) is 2.77. The predicted molar refractivity (Wildman–Crippen MR) is 87.7 cm³/mol. The minimum absolute atomic E-state index is 0.0698. The molecule has 0 fully saturated rings. The van der Waals surface area contributed by atoms with Crippen molar-refractivity contribution in [2.75, 3.05) is 13.2 Å². The summed E-state index contributed by atoms with van der Waals surface area (Å²) in [4.78, 5) is 12.0. The molecule has 2 aromatic rings. The lowest BCUT2D eigenvalue weighted by molar-refractivity contribution is 0.236. The molecule has 0 spiro atoms. The molecule has 0 aliphatic heterocycles. The van der Waals surface area contributed by atoms with Crippen LogP contribution >= 0.6 is 0 Å². The molecule has 0 aliphatic rings. The highest BCUT2D eigenvalue weighted by atomic mass is 16.3. The largest absolute Gasteiger partial charge is 0.396 e. The Morgan fingerprint density at radius 3 is 2.32 bits per heavy atom. The Hall–Kier alpha value is -2.33. The van der Waals surface area contributed by atoms with E-state index in [0.717, 1.165) is 11.1 Å². The van der Waals surface area contributed by atoms with Crippen LogP contribution in [-0.2, 0) is 0 Å². The summed E-state index contributed by atoms with van der Waals surface area (Å²) in [6.07, 6.45) is 0.550. The van der Waals surface area contributed by atoms with Gasteiger partial charge in [0.15, 0.2) is 0 Å². The summed E-state index contributed by atoms with van der Waals surface area (Å²) in [5, 5.41) is 14.5. The first-order chi connectivity index (χ1) is 10.7. The Balaban J connectivity index is 2.15. The minimum atomic E-state index is -0.233. The molecule has 1 unspecified atom stereocenters. The Morgan fingerprint density at radius 2 is 1.68 bits per heavy atom. The van der Waals surface area contributed by atoms with E-state index in [9.17, 15) is 4.79 Å². The molecule has 1 atom stereocenters. The molecule has 116 valence electrons. The van der Waals surface area contributed by atoms with Gasteiger partial charge in [-0.15, -0.1) is 0 Å². The molecule has 0 bridgehead atoms. The summed E-state index contributed by atoms with van der Waals surface area (Å²) in [6, 6.07) is 17.6. The molecule has 2 rings (SSSR count). The maximum atomic E-state index is 12.0. The lowest BCUT2D eigenvalue weighted by atomic mass is 9.98. The van der Waals surface area contributed by atoms with Crippen molar-refractivity contribution in [2.24, 2.45) is 0 Å². The van der Waals surface area contributed by atoms with E-state index in [2.05, 4.69) is 10.6 Å². The highest BCUT2D eigenvalue weighted by molar-refractivity contribution is 5.75. The zero-order chi connectivity index (χ0) is 15.8. The van der Waals surface area contributed by atoms with E-state index < -0.39 is 0 Å². The molecule has 2 amide bonds. The van der Waals surface area contributed by atoms with Gasteiger partial charge in [0.25, 0.3) is 0 Å². The minimum Gasteiger partial charge on any atom is -0.396 e. The molecule has 4 heteroatoms. The van der Waals surface area contributed by atoms with Gasteiger partial charge in [-0.3, -0.25) is 0 Å². The van der Waals surface area contributed by atoms with Gasteiger partial charge in [0.1, 0.15) is 0 Å². The second-order valence-corrected chi connectivity index (χ2v) is 5.23. The average molecular weight is 298 g/mol. The fourth-order valence-corrected chi connectivity index (χ4v) is 2.23. The second-order valence-electron chi connectivity index (χ2n) is 5.23. The Kier molecular flexibility index (Phi) is 5.98. The summed E-state index contributed by atoms with van der Waals surface area (Å²) in [7, 11) is 0. The number of hydrogen-bond donors (Lipinski definition) is 3. The molecule has 0 aliphatic carbocycles. The van der Waals surface area contributed by atoms with E-state index in [1.54, 1.807) is 0 Å². The number of aliphatic hydroxyl groups excluding tert-OH is 1. The third-order valence-electron chi connectivity index (χ3n) is 3.44. The summed E-state index contributed by atoms with van der Waals surface area (Å²) in [6.45, 7) is 2.56. The smallest absolute Gasteiger partial charge is 0.315 e. The van der Waals surface area contributed by atoms with Crippen LogP contribution in [0.3, 0.4) is 0 Å². The topological polar surface area (TPSA) is 61.4 Å². The standard InChI is InChI=1S/C18H22N2O2/c1-14-8-10-16(11-9-14)17(15-6-3-2-4-7-15)20-18(22)19-12-5-13-21/h2-4,6-11,17,21H,5,12-13H2,1H3,(H2,19,20,22). The molecule has 0 heterocycles. The van der Waals surface area contributed by atoms with Crippen molar-refractivity contribution in [3.8, 4) is 0 Å². The molecule has 0 aromatic heterocycles. The summed E-state index contributed by atoms with van der Waals surface area (Å²) >= 11 is 0. The third-order valence-corrected chi connectivity index (χ3v) is 3.44. The van der Waals surface area contributed by atoms with Gasteiger partial charge < -0.3 is 15.7 Å². The van der Waals surface area contributed by atoms with Crippen molar-refractivity contribution >= 4 is 6.03 Å². The zero-order valence-electron chi connectivity index (χ0n) is 12.8. The summed E-state index contributed by atoms with van der Waals surface area (Å²) in [5.74, 6) is 0. The van der Waals surface area contributed by atoms with E-state index in [4.69, 9.17) is 5.11 Å². The van der Waals surface area contributed by atoms with E-state index >= 15 is 0 Å². The van der Waals surface area contributed by atoms with Crippen molar-refractivity contribution in [1.29, 1.82) is 0 Å². The molecule has 22 heavy (non-hydrogen) atoms. The average Bonchev–Trinajstić information content (AvgIpc) is 2.55. The quantitative estimate of drug-likeness (QED) is 0.718. The number of benzene rings is 2. The van der Waals surface area contributed by atoms with Crippen LogP contribution in [0.15, 0.2) is 54.6 Å². The number of carbonyl (C=O) groups excluding carboxylic acids is 1. The van der Waals surface area contributed by atoms with Crippen LogP contribution in [-0.4, -0.2) is 24.3 Å². The van der Waals surface area contributed by atoms with Crippen LogP contribution in [0.4, 0.5) is 4.79 Å². The first-order valence-electron chi connectivity index (χ1n) is 7.47. The van der Waals surface area contributed by atoms with E-state index in [0.29, 0.717) is 13.0 Å². The summed E-state index contributed by atoms with van der Waals surface area (Å²) < 4.78 is 0. The fourth-order valence-electron chi connectivity index (χ4n) is 2.23. The molecule has 2 aromatic carbocycles. The molecule has 4 nitrogen and oxygen atoms in total. The molecule has 0 saturated heterocycles. The lowest BCUT2D eigenvalue weighted by Crippen LogP contribution is -2.39. The molecular formula is C18H22N2O2. The monoisotopic (exact) mass is 298 g/mol. The van der Waals surface area contributed by atoms with Gasteiger partial charge in [0.2, 0.25) is 0 Å². The molecule has 3 N–H and O–H groups in total. The van der Waals surface area contributed by atoms with Crippen LogP contribution in [0.2, 0.25) is 0 Å². The van der Waals surface area contributed by atoms with Gasteiger partial charge in [-0.25, -0.2) is 4.79 Å². The second kappa shape index (κ2) is 8.20. The SMILES string of the molecule is Cc1ccc(C(NC(=O)NCCCO)c2ccccc2)cc1. The van der Waals surface area contributed by atoms with Crippen molar-refractivity contribution in [1.82, 2.24) is 10.6 Å². The highest BCUT2D eigenvalue weighted by Gasteiger charge is 2.16. The van der Waals surface area contributed by atoms with Crippen molar-refractivity contribution < 1.29 is 9.90 Å². The summed E-state index contributed by atoms with van der Waals surface area (Å²) in [5.41, 5.74) is 3.25. The third kappa shape index (κ3) is 4.60. The molecular weight excluding hydrogens is 276 g/mol. The van der Waals surface area contributed by atoms with Crippen molar-refractivity contribution in [3.63, 3.8) is 0 Å². The maximum absolute atomic E-state index is 12.0. The Bertz CT molecular complexity index is 582. The van der Waals surface area contributed by atoms with E-state index in [1.807, 2.05) is 61.5 Å². The number of hydrogen-bond acceptors (Lipinski definition) is 2. The number of rotatable bonds is 6. The van der Waals surface area contributed by atoms with Crippen molar-refractivity contribution in [2.45, 2.75) is 19.4 Å². The highest BCUT2D eigenvalue weighted by Crippen LogP contribution is 2.22. The van der Waals surface area contributed by atoms with Gasteiger partial charge in [0, 0.05) is 13.2 Å². The van der Waals surface area contributed by atoms with Crippen LogP contribution in [0.25, 0.3) is 0 Å². The molecule has 0 radical (unpaired) electrons. The van der Waals surface area contributed by atoms with Gasteiger partial charge in [-0.1, -0.05) is 60.2 Å². The number of carbonyl (C=O) groups is 1. The van der Waals surface area contributed by atoms with Crippen molar-refractivity contribution in [3.05, 3.63) is 71.3 Å². The number of aliphatic hydroxyl groups is 1. The van der Waals surface area contributed by atoms with Crippen LogP contribution in [0.1, 0.15) is 29.2 Å². The lowest BCUT2D eigenvalue weighted by Gasteiger charge is -2.20.